The van der Waals surface area contributed by atoms with E-state index in [0.29, 0.717) is 12.3 Å². The van der Waals surface area contributed by atoms with Gasteiger partial charge in [-0.05, 0) is 31.4 Å². The topological polar surface area (TPSA) is 64.3 Å². The number of carbonyl (C=O) groups excluding carboxylic acids is 1. The Labute approximate surface area is 119 Å². The lowest BCUT2D eigenvalue weighted by molar-refractivity contribution is 0.0891. The van der Waals surface area contributed by atoms with Crippen LogP contribution in [-0.4, -0.2) is 25.1 Å². The van der Waals surface area contributed by atoms with Crippen molar-refractivity contribution in [3.63, 3.8) is 0 Å². The fraction of sp³-hybridized carbons (Fsp3) is 0.533. The van der Waals surface area contributed by atoms with E-state index < -0.39 is 17.3 Å². The molecule has 1 unspecified atom stereocenters. The molecule has 0 aromatic heterocycles. The highest BCUT2D eigenvalue weighted by atomic mass is 19.1. The molecule has 0 saturated carbocycles. The molecule has 4 nitrogen and oxygen atoms in total. The van der Waals surface area contributed by atoms with Gasteiger partial charge < -0.3 is 15.8 Å². The monoisotopic (exact) mass is 282 g/mol. The van der Waals surface area contributed by atoms with Crippen molar-refractivity contribution >= 4 is 5.91 Å². The van der Waals surface area contributed by atoms with Crippen LogP contribution in [0.1, 0.15) is 37.6 Å². The molecule has 0 spiro atoms. The third-order valence-electron chi connectivity index (χ3n) is 3.15. The first-order valence-corrected chi connectivity index (χ1v) is 6.68. The normalized spacial score (nSPS) is 13.9. The standard InChI is InChI=1S/C15H23FN2O2/c1-10(2)8-15(3,9-17)18-14(19)13-11(16)6-5-7-12(13)20-4/h5-7,10H,8-9,17H2,1-4H3,(H,18,19). The van der Waals surface area contributed by atoms with Crippen LogP contribution >= 0.6 is 0 Å². The van der Waals surface area contributed by atoms with Crippen LogP contribution < -0.4 is 15.8 Å². The van der Waals surface area contributed by atoms with E-state index in [9.17, 15) is 9.18 Å². The summed E-state index contributed by atoms with van der Waals surface area (Å²) in [7, 11) is 1.40. The zero-order valence-corrected chi connectivity index (χ0v) is 12.5. The molecule has 1 rings (SSSR count). The number of ether oxygens (including phenoxy) is 1. The van der Waals surface area contributed by atoms with E-state index in [1.807, 2.05) is 20.8 Å². The van der Waals surface area contributed by atoms with Gasteiger partial charge in [0, 0.05) is 12.1 Å². The summed E-state index contributed by atoms with van der Waals surface area (Å²) in [4.78, 5) is 12.3. The molecule has 5 heteroatoms. The molecule has 0 saturated heterocycles. The quantitative estimate of drug-likeness (QED) is 0.841. The maximum Gasteiger partial charge on any atom is 0.258 e. The van der Waals surface area contributed by atoms with E-state index >= 15 is 0 Å². The van der Waals surface area contributed by atoms with Gasteiger partial charge in [0.05, 0.1) is 7.11 Å². The molecule has 20 heavy (non-hydrogen) atoms. The average molecular weight is 282 g/mol. The second-order valence-electron chi connectivity index (χ2n) is 5.63. The Morgan fingerprint density at radius 2 is 2.15 bits per heavy atom. The van der Waals surface area contributed by atoms with Gasteiger partial charge in [0.1, 0.15) is 17.1 Å². The molecule has 112 valence electrons. The summed E-state index contributed by atoms with van der Waals surface area (Å²) in [5.41, 5.74) is 5.09. The molecular weight excluding hydrogens is 259 g/mol. The van der Waals surface area contributed by atoms with Crippen molar-refractivity contribution in [3.05, 3.63) is 29.6 Å². The number of carbonyl (C=O) groups is 1. The number of halogens is 1. The van der Waals surface area contributed by atoms with Gasteiger partial charge in [-0.25, -0.2) is 4.39 Å². The molecule has 0 radical (unpaired) electrons. The smallest absolute Gasteiger partial charge is 0.258 e. The van der Waals surface area contributed by atoms with E-state index in [-0.39, 0.29) is 17.9 Å². The summed E-state index contributed by atoms with van der Waals surface area (Å²) in [6, 6.07) is 4.29. The fourth-order valence-electron chi connectivity index (χ4n) is 2.32. The van der Waals surface area contributed by atoms with Crippen molar-refractivity contribution in [1.29, 1.82) is 0 Å². The van der Waals surface area contributed by atoms with Crippen molar-refractivity contribution in [1.82, 2.24) is 5.32 Å². The first-order valence-electron chi connectivity index (χ1n) is 6.68. The Kier molecular flexibility index (Phi) is 5.51. The second-order valence-corrected chi connectivity index (χ2v) is 5.63. The number of rotatable bonds is 6. The molecular formula is C15H23FN2O2. The number of nitrogens with two attached hydrogens (primary N) is 1. The molecule has 0 heterocycles. The van der Waals surface area contributed by atoms with Gasteiger partial charge in [-0.1, -0.05) is 19.9 Å². The van der Waals surface area contributed by atoms with Gasteiger partial charge in [-0.15, -0.1) is 0 Å². The van der Waals surface area contributed by atoms with Crippen molar-refractivity contribution in [2.24, 2.45) is 11.7 Å². The number of methoxy groups -OCH3 is 1. The largest absolute Gasteiger partial charge is 0.496 e. The molecule has 3 N–H and O–H groups in total. The molecule has 1 aromatic carbocycles. The molecule has 0 aliphatic rings. The van der Waals surface area contributed by atoms with Gasteiger partial charge in [-0.3, -0.25) is 4.79 Å². The minimum Gasteiger partial charge on any atom is -0.496 e. The zero-order valence-electron chi connectivity index (χ0n) is 12.5. The molecule has 0 fully saturated rings. The summed E-state index contributed by atoms with van der Waals surface area (Å²) in [6.45, 7) is 6.24. The summed E-state index contributed by atoms with van der Waals surface area (Å²) in [5.74, 6) is -0.530. The summed E-state index contributed by atoms with van der Waals surface area (Å²) < 4.78 is 18.9. The second kappa shape index (κ2) is 6.70. The lowest BCUT2D eigenvalue weighted by Crippen LogP contribution is -2.52. The molecule has 0 aliphatic heterocycles. The third-order valence-corrected chi connectivity index (χ3v) is 3.15. The Bertz CT molecular complexity index is 477. The van der Waals surface area contributed by atoms with Crippen molar-refractivity contribution in [2.75, 3.05) is 13.7 Å². The van der Waals surface area contributed by atoms with Crippen molar-refractivity contribution < 1.29 is 13.9 Å². The number of hydrogen-bond donors (Lipinski definition) is 2. The Hall–Kier alpha value is -1.62. The SMILES string of the molecule is COc1cccc(F)c1C(=O)NC(C)(CN)CC(C)C. The predicted molar refractivity (Wildman–Crippen MR) is 77.3 cm³/mol. The van der Waals surface area contributed by atoms with Crippen LogP contribution in [0.15, 0.2) is 18.2 Å². The van der Waals surface area contributed by atoms with E-state index in [1.165, 1.54) is 19.2 Å². The zero-order chi connectivity index (χ0) is 15.3. The lowest BCUT2D eigenvalue weighted by Gasteiger charge is -2.31. The molecule has 1 amide bonds. The Morgan fingerprint density at radius 1 is 1.50 bits per heavy atom. The fourth-order valence-corrected chi connectivity index (χ4v) is 2.32. The van der Waals surface area contributed by atoms with Crippen LogP contribution in [0, 0.1) is 11.7 Å². The molecule has 1 aromatic rings. The number of nitrogens with one attached hydrogen (secondary N) is 1. The summed E-state index contributed by atoms with van der Waals surface area (Å²) in [6.07, 6.45) is 0.714. The highest BCUT2D eigenvalue weighted by Gasteiger charge is 2.28. The minimum atomic E-state index is -0.606. The lowest BCUT2D eigenvalue weighted by atomic mass is 9.90. The maximum absolute atomic E-state index is 13.9. The number of benzene rings is 1. The van der Waals surface area contributed by atoms with Gasteiger partial charge in [0.25, 0.3) is 5.91 Å². The van der Waals surface area contributed by atoms with Crippen LogP contribution in [0.25, 0.3) is 0 Å². The van der Waals surface area contributed by atoms with Gasteiger partial charge in [0.15, 0.2) is 0 Å². The predicted octanol–water partition coefficient (Wildman–Crippen LogP) is 2.33. The minimum absolute atomic E-state index is 0.0848. The number of hydrogen-bond acceptors (Lipinski definition) is 3. The van der Waals surface area contributed by atoms with Crippen LogP contribution in [-0.2, 0) is 0 Å². The van der Waals surface area contributed by atoms with Gasteiger partial charge in [-0.2, -0.15) is 0 Å². The van der Waals surface area contributed by atoms with Crippen molar-refractivity contribution in [3.8, 4) is 5.75 Å². The van der Waals surface area contributed by atoms with E-state index in [4.69, 9.17) is 10.5 Å². The first-order chi connectivity index (χ1) is 9.33. The van der Waals surface area contributed by atoms with Crippen LogP contribution in [0.3, 0.4) is 0 Å². The van der Waals surface area contributed by atoms with Gasteiger partial charge in [0.2, 0.25) is 0 Å². The number of amides is 1. The molecule has 1 atom stereocenters. The highest BCUT2D eigenvalue weighted by Crippen LogP contribution is 2.23. The highest BCUT2D eigenvalue weighted by molar-refractivity contribution is 5.97. The van der Waals surface area contributed by atoms with E-state index in [0.717, 1.165) is 0 Å². The van der Waals surface area contributed by atoms with Crippen LogP contribution in [0.4, 0.5) is 4.39 Å². The average Bonchev–Trinajstić information content (AvgIpc) is 2.36. The Morgan fingerprint density at radius 3 is 2.65 bits per heavy atom. The van der Waals surface area contributed by atoms with Gasteiger partial charge >= 0.3 is 0 Å². The molecule has 0 bridgehead atoms. The van der Waals surface area contributed by atoms with Crippen LogP contribution in [0.2, 0.25) is 0 Å². The van der Waals surface area contributed by atoms with Crippen LogP contribution in [0.5, 0.6) is 5.75 Å². The summed E-state index contributed by atoms with van der Waals surface area (Å²) >= 11 is 0. The molecule has 0 aliphatic carbocycles. The third kappa shape index (κ3) is 3.93. The van der Waals surface area contributed by atoms with E-state index in [2.05, 4.69) is 5.32 Å². The maximum atomic E-state index is 13.9. The summed E-state index contributed by atoms with van der Waals surface area (Å²) in [5, 5.41) is 2.82. The Balaban J connectivity index is 3.01. The van der Waals surface area contributed by atoms with Crippen molar-refractivity contribution in [2.45, 2.75) is 32.7 Å². The first kappa shape index (κ1) is 16.4. The van der Waals surface area contributed by atoms with E-state index in [1.54, 1.807) is 6.07 Å².